The summed E-state index contributed by atoms with van der Waals surface area (Å²) in [5.41, 5.74) is -1.66. The van der Waals surface area contributed by atoms with Gasteiger partial charge in [0.15, 0.2) is 0 Å². The molecule has 0 unspecified atom stereocenters. The summed E-state index contributed by atoms with van der Waals surface area (Å²) in [5.74, 6) is -29.0. The molecule has 1 fully saturated rings. The largest absolute Gasteiger partial charge is 0.508 e. The van der Waals surface area contributed by atoms with Crippen LogP contribution in [0.15, 0.2) is 48.5 Å². The van der Waals surface area contributed by atoms with Crippen LogP contribution in [0.4, 0.5) is 48.3 Å². The van der Waals surface area contributed by atoms with Crippen LogP contribution in [-0.4, -0.2) is 35.0 Å². The van der Waals surface area contributed by atoms with Crippen LogP contribution in [0.2, 0.25) is 0 Å². The number of hydrogen-bond donors (Lipinski definition) is 1. The maximum atomic E-state index is 14.8. The molecule has 0 amide bonds. The van der Waals surface area contributed by atoms with Crippen molar-refractivity contribution in [2.75, 3.05) is 0 Å². The zero-order valence-corrected chi connectivity index (χ0v) is 18.6. The van der Waals surface area contributed by atoms with Crippen LogP contribution in [0, 0.1) is 16.7 Å². The molecule has 1 aliphatic rings. The first-order chi connectivity index (χ1) is 16.8. The smallest absolute Gasteiger partial charge is 0.460 e. The number of alkyl halides is 11. The molecule has 3 rings (SSSR count). The van der Waals surface area contributed by atoms with Crippen LogP contribution in [0.1, 0.15) is 37.2 Å². The van der Waals surface area contributed by atoms with Crippen LogP contribution in [0.5, 0.6) is 5.75 Å². The number of benzene rings is 2. The van der Waals surface area contributed by atoms with Crippen molar-refractivity contribution in [3.63, 3.8) is 0 Å². The van der Waals surface area contributed by atoms with Crippen LogP contribution in [0.3, 0.4) is 0 Å². The molecule has 0 spiro atoms. The Morgan fingerprint density at radius 3 is 1.51 bits per heavy atom. The molecule has 0 aromatic heterocycles. The van der Waals surface area contributed by atoms with E-state index in [0.29, 0.717) is 11.1 Å². The molecule has 0 heterocycles. The summed E-state index contributed by atoms with van der Waals surface area (Å²) in [5, 5.41) is 18.6. The Morgan fingerprint density at radius 1 is 0.676 bits per heavy atom. The topological polar surface area (TPSA) is 44.0 Å². The lowest BCUT2D eigenvalue weighted by molar-refractivity contribution is -0.431. The van der Waals surface area contributed by atoms with Crippen LogP contribution < -0.4 is 0 Å². The fourth-order valence-corrected chi connectivity index (χ4v) is 4.41. The zero-order chi connectivity index (χ0) is 28.1. The van der Waals surface area contributed by atoms with Crippen molar-refractivity contribution in [3.8, 4) is 22.9 Å². The standard InChI is InChI=1S/C24H18F11NO/c25-20(26,21(27,28)22(29,30)23(31,32)24(33,34)35)19(13-36)11-9-17(10-12-19)15-3-1-14(2-4-15)16-5-7-18(37)8-6-16/h1-8,17,37H,9-12H2. The fraction of sp³-hybridized carbons (Fsp3) is 0.458. The van der Waals surface area contributed by atoms with Gasteiger partial charge in [0.1, 0.15) is 11.2 Å². The molecule has 0 radical (unpaired) electrons. The molecular formula is C24H18F11NO. The van der Waals surface area contributed by atoms with Crippen molar-refractivity contribution >= 4 is 0 Å². The molecule has 1 aliphatic carbocycles. The highest BCUT2D eigenvalue weighted by molar-refractivity contribution is 5.64. The minimum absolute atomic E-state index is 0.0332. The van der Waals surface area contributed by atoms with Crippen molar-refractivity contribution < 1.29 is 53.4 Å². The highest BCUT2D eigenvalue weighted by Gasteiger charge is 2.89. The number of hydrogen-bond acceptors (Lipinski definition) is 2. The van der Waals surface area contributed by atoms with Crippen molar-refractivity contribution in [1.29, 1.82) is 5.26 Å². The van der Waals surface area contributed by atoms with E-state index in [1.165, 1.54) is 12.1 Å². The zero-order valence-electron chi connectivity index (χ0n) is 18.6. The number of aromatic hydroxyl groups is 1. The molecule has 0 atom stereocenters. The van der Waals surface area contributed by atoms with Crippen LogP contribution in [0.25, 0.3) is 11.1 Å². The summed E-state index contributed by atoms with van der Waals surface area (Å²) >= 11 is 0. The number of phenols is 1. The minimum atomic E-state index is -7.54. The lowest BCUT2D eigenvalue weighted by Crippen LogP contribution is -2.69. The Hall–Kier alpha value is -3.04. The Bertz CT molecular complexity index is 1140. The normalized spacial score (nSPS) is 21.9. The number of rotatable bonds is 6. The molecule has 2 nitrogen and oxygen atoms in total. The van der Waals surface area contributed by atoms with Gasteiger partial charge in [-0.1, -0.05) is 36.4 Å². The van der Waals surface area contributed by atoms with E-state index >= 15 is 0 Å². The van der Waals surface area contributed by atoms with E-state index in [2.05, 4.69) is 0 Å². The van der Waals surface area contributed by atoms with Gasteiger partial charge in [0.25, 0.3) is 0 Å². The maximum Gasteiger partial charge on any atom is 0.460 e. The van der Waals surface area contributed by atoms with Crippen molar-refractivity contribution in [3.05, 3.63) is 54.1 Å². The summed E-state index contributed by atoms with van der Waals surface area (Å²) in [6.45, 7) is 0. The third kappa shape index (κ3) is 4.38. The Morgan fingerprint density at radius 2 is 1.11 bits per heavy atom. The van der Waals surface area contributed by atoms with Crippen LogP contribution in [-0.2, 0) is 0 Å². The van der Waals surface area contributed by atoms with E-state index in [9.17, 15) is 58.7 Å². The molecule has 2 aromatic rings. The average Bonchev–Trinajstić information content (AvgIpc) is 2.83. The molecule has 0 saturated heterocycles. The van der Waals surface area contributed by atoms with Gasteiger partial charge < -0.3 is 5.11 Å². The van der Waals surface area contributed by atoms with E-state index in [-0.39, 0.29) is 5.75 Å². The predicted molar refractivity (Wildman–Crippen MR) is 109 cm³/mol. The van der Waals surface area contributed by atoms with E-state index in [0.717, 1.165) is 11.6 Å². The predicted octanol–water partition coefficient (Wildman–Crippen LogP) is 8.33. The Balaban J connectivity index is 1.84. The molecule has 1 saturated carbocycles. The molecule has 2 aromatic carbocycles. The summed E-state index contributed by atoms with van der Waals surface area (Å²) in [6, 6.07) is 13.4. The van der Waals surface area contributed by atoms with E-state index in [4.69, 9.17) is 0 Å². The highest BCUT2D eigenvalue weighted by Crippen LogP contribution is 2.64. The van der Waals surface area contributed by atoms with Crippen molar-refractivity contribution in [2.45, 2.75) is 61.5 Å². The van der Waals surface area contributed by atoms with Gasteiger partial charge in [0.05, 0.1) is 6.07 Å². The third-order valence-corrected chi connectivity index (χ3v) is 6.78. The Labute approximate surface area is 203 Å². The molecule has 202 valence electrons. The van der Waals surface area contributed by atoms with Crippen molar-refractivity contribution in [1.82, 2.24) is 0 Å². The SMILES string of the molecule is N#CC1(C(F)(F)C(F)(F)C(F)(F)C(F)(F)C(F)(F)F)CCC(c2ccc(-c3ccc(O)cc3)cc2)CC1. The number of halogens is 11. The minimum Gasteiger partial charge on any atom is -0.508 e. The number of phenolic OH excluding ortho intramolecular Hbond substituents is 1. The summed E-state index contributed by atoms with van der Waals surface area (Å²) < 4.78 is 149. The maximum absolute atomic E-state index is 14.8. The monoisotopic (exact) mass is 545 g/mol. The summed E-state index contributed by atoms with van der Waals surface area (Å²) in [7, 11) is 0. The molecule has 37 heavy (non-hydrogen) atoms. The molecular weight excluding hydrogens is 527 g/mol. The van der Waals surface area contributed by atoms with Gasteiger partial charge in [0, 0.05) is 0 Å². The van der Waals surface area contributed by atoms with Gasteiger partial charge in [-0.2, -0.15) is 53.6 Å². The lowest BCUT2D eigenvalue weighted by atomic mass is 9.64. The summed E-state index contributed by atoms with van der Waals surface area (Å²) in [4.78, 5) is 0. The van der Waals surface area contributed by atoms with Gasteiger partial charge in [-0.15, -0.1) is 0 Å². The van der Waals surface area contributed by atoms with Crippen LogP contribution >= 0.6 is 0 Å². The van der Waals surface area contributed by atoms with Gasteiger partial charge in [-0.3, -0.25) is 0 Å². The second-order valence-electron chi connectivity index (χ2n) is 8.93. The van der Waals surface area contributed by atoms with Gasteiger partial charge in [-0.25, -0.2) is 0 Å². The quantitative estimate of drug-likeness (QED) is 0.371. The Kier molecular flexibility index (Phi) is 6.99. The van der Waals surface area contributed by atoms with E-state index in [1.54, 1.807) is 36.4 Å². The fourth-order valence-electron chi connectivity index (χ4n) is 4.41. The third-order valence-electron chi connectivity index (χ3n) is 6.78. The first-order valence-corrected chi connectivity index (χ1v) is 10.7. The van der Waals surface area contributed by atoms with E-state index < -0.39 is 66.9 Å². The van der Waals surface area contributed by atoms with E-state index in [1.807, 2.05) is 0 Å². The second kappa shape index (κ2) is 9.06. The first-order valence-electron chi connectivity index (χ1n) is 10.7. The van der Waals surface area contributed by atoms with Gasteiger partial charge in [0.2, 0.25) is 0 Å². The number of nitrogens with zero attached hydrogens (tertiary/aromatic N) is 1. The molecule has 0 bridgehead atoms. The molecule has 13 heteroatoms. The lowest BCUT2D eigenvalue weighted by Gasteiger charge is -2.45. The molecule has 1 N–H and O–H groups in total. The average molecular weight is 545 g/mol. The van der Waals surface area contributed by atoms with Gasteiger partial charge >= 0.3 is 29.9 Å². The van der Waals surface area contributed by atoms with Crippen molar-refractivity contribution in [2.24, 2.45) is 5.41 Å². The highest BCUT2D eigenvalue weighted by atomic mass is 19.4. The van der Waals surface area contributed by atoms with Gasteiger partial charge in [-0.05, 0) is 60.4 Å². The summed E-state index contributed by atoms with van der Waals surface area (Å²) in [6.07, 6.45) is -10.4. The molecule has 0 aliphatic heterocycles. The number of nitriles is 1. The first kappa shape index (κ1) is 28.5. The second-order valence-corrected chi connectivity index (χ2v) is 8.93.